The summed E-state index contributed by atoms with van der Waals surface area (Å²) < 4.78 is 5.95. The number of ketones is 1. The summed E-state index contributed by atoms with van der Waals surface area (Å²) in [6.07, 6.45) is 3.94. The summed E-state index contributed by atoms with van der Waals surface area (Å²) in [5.41, 5.74) is 1.19. The molecule has 0 heterocycles. The van der Waals surface area contributed by atoms with Crippen molar-refractivity contribution in [2.45, 2.75) is 57.4 Å². The Morgan fingerprint density at radius 3 is 2.81 bits per heavy atom. The van der Waals surface area contributed by atoms with Crippen LogP contribution in [0, 0.1) is 0 Å². The summed E-state index contributed by atoms with van der Waals surface area (Å²) in [5.74, 6) is -0.119. The number of benzene rings is 1. The summed E-state index contributed by atoms with van der Waals surface area (Å²) in [5, 5.41) is 12.3. The molecule has 3 atom stereocenters. The lowest BCUT2D eigenvalue weighted by Crippen LogP contribution is -2.43. The maximum Gasteiger partial charge on any atom is 0.174 e. The lowest BCUT2D eigenvalue weighted by molar-refractivity contribution is -0.124. The molecule has 4 nitrogen and oxygen atoms in total. The van der Waals surface area contributed by atoms with E-state index in [1.165, 1.54) is 5.56 Å². The second kappa shape index (κ2) is 8.27. The second-order valence-corrected chi connectivity index (χ2v) is 5.68. The maximum absolute atomic E-state index is 11.6. The predicted octanol–water partition coefficient (Wildman–Crippen LogP) is 2.05. The normalized spacial score (nSPS) is 23.1. The molecule has 0 aromatic heterocycles. The molecule has 0 bridgehead atoms. The van der Waals surface area contributed by atoms with E-state index in [4.69, 9.17) is 9.84 Å². The molecule has 2 unspecified atom stereocenters. The number of aliphatic hydroxyl groups excluding tert-OH is 1. The average molecular weight is 291 g/mol. The molecule has 1 aromatic rings. The van der Waals surface area contributed by atoms with E-state index in [9.17, 15) is 4.79 Å². The van der Waals surface area contributed by atoms with Gasteiger partial charge in [-0.15, -0.1) is 0 Å². The molecule has 116 valence electrons. The first-order valence-electron chi connectivity index (χ1n) is 7.78. The molecular formula is C17H25NO3. The highest BCUT2D eigenvalue weighted by molar-refractivity contribution is 5.84. The molecule has 1 saturated carbocycles. The molecule has 0 amide bonds. The smallest absolute Gasteiger partial charge is 0.174 e. The van der Waals surface area contributed by atoms with E-state index in [2.05, 4.69) is 17.4 Å². The van der Waals surface area contributed by atoms with Crippen molar-refractivity contribution in [3.63, 3.8) is 0 Å². The van der Waals surface area contributed by atoms with Gasteiger partial charge in [0.25, 0.3) is 0 Å². The van der Waals surface area contributed by atoms with Gasteiger partial charge in [0.15, 0.2) is 5.78 Å². The fourth-order valence-electron chi connectivity index (χ4n) is 2.86. The van der Waals surface area contributed by atoms with Gasteiger partial charge >= 0.3 is 0 Å². The SMILES string of the molecule is CC[C@@H](NC1CCC(OCc2ccccc2)C1)C(=O)CO. The van der Waals surface area contributed by atoms with E-state index in [0.29, 0.717) is 19.1 Å². The fraction of sp³-hybridized carbons (Fsp3) is 0.588. The van der Waals surface area contributed by atoms with E-state index in [-0.39, 0.29) is 24.5 Å². The standard InChI is InChI=1S/C17H25NO3/c1-2-16(17(20)11-19)18-14-8-9-15(10-14)21-12-13-6-4-3-5-7-13/h3-7,14-16,18-19H,2,8-12H2,1H3/t14?,15?,16-/m1/s1. The van der Waals surface area contributed by atoms with Crippen molar-refractivity contribution in [2.24, 2.45) is 0 Å². The van der Waals surface area contributed by atoms with Crippen molar-refractivity contribution in [1.29, 1.82) is 0 Å². The van der Waals surface area contributed by atoms with Crippen molar-refractivity contribution in [3.8, 4) is 0 Å². The Bertz CT molecular complexity index is 435. The van der Waals surface area contributed by atoms with Crippen LogP contribution in [0.5, 0.6) is 0 Å². The van der Waals surface area contributed by atoms with Gasteiger partial charge < -0.3 is 15.2 Å². The first kappa shape index (κ1) is 16.1. The highest BCUT2D eigenvalue weighted by Crippen LogP contribution is 2.24. The zero-order valence-electron chi connectivity index (χ0n) is 12.6. The van der Waals surface area contributed by atoms with Crippen LogP contribution in [0.15, 0.2) is 30.3 Å². The van der Waals surface area contributed by atoms with E-state index in [1.54, 1.807) is 0 Å². The Labute approximate surface area is 126 Å². The molecule has 0 saturated heterocycles. The molecule has 2 N–H and O–H groups in total. The number of rotatable bonds is 8. The number of carbonyl (C=O) groups excluding carboxylic acids is 1. The predicted molar refractivity (Wildman–Crippen MR) is 82.0 cm³/mol. The lowest BCUT2D eigenvalue weighted by Gasteiger charge is -2.20. The number of hydrogen-bond donors (Lipinski definition) is 2. The largest absolute Gasteiger partial charge is 0.389 e. The summed E-state index contributed by atoms with van der Waals surface area (Å²) in [7, 11) is 0. The van der Waals surface area contributed by atoms with E-state index in [1.807, 2.05) is 25.1 Å². The monoisotopic (exact) mass is 291 g/mol. The molecule has 0 aliphatic heterocycles. The first-order chi connectivity index (χ1) is 10.2. The molecule has 1 aliphatic carbocycles. The van der Waals surface area contributed by atoms with Crippen molar-refractivity contribution < 1.29 is 14.6 Å². The van der Waals surface area contributed by atoms with Gasteiger partial charge in [0, 0.05) is 6.04 Å². The highest BCUT2D eigenvalue weighted by Gasteiger charge is 2.28. The van der Waals surface area contributed by atoms with Crippen LogP contribution in [0.1, 0.15) is 38.2 Å². The average Bonchev–Trinajstić information content (AvgIpc) is 2.98. The van der Waals surface area contributed by atoms with E-state index >= 15 is 0 Å². The number of nitrogens with one attached hydrogen (secondary N) is 1. The van der Waals surface area contributed by atoms with Gasteiger partial charge in [-0.2, -0.15) is 0 Å². The van der Waals surface area contributed by atoms with Gasteiger partial charge in [0.2, 0.25) is 0 Å². The van der Waals surface area contributed by atoms with Gasteiger partial charge in [-0.1, -0.05) is 37.3 Å². The molecule has 1 aliphatic rings. The molecule has 1 fully saturated rings. The third-order valence-electron chi connectivity index (χ3n) is 4.10. The molecular weight excluding hydrogens is 266 g/mol. The zero-order chi connectivity index (χ0) is 15.1. The van der Waals surface area contributed by atoms with Gasteiger partial charge in [-0.3, -0.25) is 4.79 Å². The Balaban J connectivity index is 1.74. The Morgan fingerprint density at radius 2 is 2.14 bits per heavy atom. The first-order valence-corrected chi connectivity index (χ1v) is 7.78. The van der Waals surface area contributed by atoms with Crippen molar-refractivity contribution in [2.75, 3.05) is 6.61 Å². The minimum Gasteiger partial charge on any atom is -0.389 e. The highest BCUT2D eigenvalue weighted by atomic mass is 16.5. The van der Waals surface area contributed by atoms with Crippen LogP contribution in [0.4, 0.5) is 0 Å². The van der Waals surface area contributed by atoms with Crippen LogP contribution in [0.2, 0.25) is 0 Å². The van der Waals surface area contributed by atoms with Gasteiger partial charge in [-0.25, -0.2) is 0 Å². The Kier molecular flexibility index (Phi) is 6.36. The molecule has 4 heteroatoms. The van der Waals surface area contributed by atoms with Gasteiger partial charge in [-0.05, 0) is 31.2 Å². The summed E-state index contributed by atoms with van der Waals surface area (Å²) >= 11 is 0. The number of hydrogen-bond acceptors (Lipinski definition) is 4. The van der Waals surface area contributed by atoms with Crippen LogP contribution < -0.4 is 5.32 Å². The minimum absolute atomic E-state index is 0.119. The summed E-state index contributed by atoms with van der Waals surface area (Å²) in [6, 6.07) is 10.3. The van der Waals surface area contributed by atoms with Gasteiger partial charge in [0.1, 0.15) is 6.61 Å². The Morgan fingerprint density at radius 1 is 1.38 bits per heavy atom. The third kappa shape index (κ3) is 4.92. The topological polar surface area (TPSA) is 58.6 Å². The minimum atomic E-state index is -0.383. The number of ether oxygens (including phenoxy) is 1. The Hall–Kier alpha value is -1.23. The van der Waals surface area contributed by atoms with Gasteiger partial charge in [0.05, 0.1) is 18.8 Å². The van der Waals surface area contributed by atoms with Crippen LogP contribution in [-0.4, -0.2) is 35.7 Å². The van der Waals surface area contributed by atoms with Crippen molar-refractivity contribution in [1.82, 2.24) is 5.32 Å². The summed E-state index contributed by atoms with van der Waals surface area (Å²) in [6.45, 7) is 2.22. The fourth-order valence-corrected chi connectivity index (χ4v) is 2.86. The maximum atomic E-state index is 11.6. The quantitative estimate of drug-likeness (QED) is 0.769. The van der Waals surface area contributed by atoms with E-state index in [0.717, 1.165) is 19.3 Å². The van der Waals surface area contributed by atoms with Crippen molar-refractivity contribution >= 4 is 5.78 Å². The second-order valence-electron chi connectivity index (χ2n) is 5.68. The van der Waals surface area contributed by atoms with E-state index < -0.39 is 0 Å². The number of aliphatic hydroxyl groups is 1. The summed E-state index contributed by atoms with van der Waals surface area (Å²) in [4.78, 5) is 11.6. The van der Waals surface area contributed by atoms with Crippen LogP contribution >= 0.6 is 0 Å². The third-order valence-corrected chi connectivity index (χ3v) is 4.10. The molecule has 0 radical (unpaired) electrons. The van der Waals surface area contributed by atoms with Crippen LogP contribution in [0.25, 0.3) is 0 Å². The molecule has 1 aromatic carbocycles. The number of Topliss-reactive ketones (excluding diaryl/α,β-unsaturated/α-hetero) is 1. The zero-order valence-corrected chi connectivity index (χ0v) is 12.6. The number of carbonyl (C=O) groups is 1. The van der Waals surface area contributed by atoms with Crippen LogP contribution in [0.3, 0.4) is 0 Å². The van der Waals surface area contributed by atoms with Crippen LogP contribution in [-0.2, 0) is 16.1 Å². The molecule has 21 heavy (non-hydrogen) atoms. The van der Waals surface area contributed by atoms with Crippen molar-refractivity contribution in [3.05, 3.63) is 35.9 Å². The lowest BCUT2D eigenvalue weighted by atomic mass is 10.1. The molecule has 0 spiro atoms. The molecule has 2 rings (SSSR count).